The van der Waals surface area contributed by atoms with E-state index in [0.29, 0.717) is 23.3 Å². The lowest BCUT2D eigenvalue weighted by Gasteiger charge is -2.18. The maximum Gasteiger partial charge on any atom is 0.275 e. The van der Waals surface area contributed by atoms with Crippen molar-refractivity contribution < 1.29 is 14.9 Å². The van der Waals surface area contributed by atoms with Crippen LogP contribution < -0.4 is 16.0 Å². The molecule has 6 heteroatoms. The molecule has 0 heterocycles. The standard InChI is InChI=1S/C19H28ClN3O2/c1-14-16(20)10-7-11-17(14)23-19(25)13-22-18(24)12-21-15-8-5-3-2-4-6-9-15/h7,10-11,15,21H,2-6,8-9,12-13H2,1H3,(H,22,24)(H,23,25)/p+1. The van der Waals surface area contributed by atoms with Crippen LogP contribution in [0.2, 0.25) is 5.02 Å². The fourth-order valence-electron chi connectivity index (χ4n) is 3.19. The van der Waals surface area contributed by atoms with Crippen LogP contribution in [-0.2, 0) is 9.59 Å². The van der Waals surface area contributed by atoms with E-state index in [1.807, 2.05) is 6.92 Å². The van der Waals surface area contributed by atoms with Crippen molar-refractivity contribution in [2.45, 2.75) is 57.9 Å². The van der Waals surface area contributed by atoms with E-state index in [9.17, 15) is 9.59 Å². The quantitative estimate of drug-likeness (QED) is 0.723. The zero-order valence-electron chi connectivity index (χ0n) is 14.9. The molecule has 1 aromatic carbocycles. The van der Waals surface area contributed by atoms with E-state index in [4.69, 9.17) is 11.6 Å². The van der Waals surface area contributed by atoms with E-state index in [2.05, 4.69) is 16.0 Å². The number of halogens is 1. The first-order valence-corrected chi connectivity index (χ1v) is 9.59. The number of carbonyl (C=O) groups is 2. The molecule has 5 nitrogen and oxygen atoms in total. The molecular formula is C19H29ClN3O2+. The summed E-state index contributed by atoms with van der Waals surface area (Å²) >= 11 is 6.04. The Hall–Kier alpha value is -1.59. The molecule has 0 bridgehead atoms. The number of nitrogens with one attached hydrogen (secondary N) is 2. The predicted octanol–water partition coefficient (Wildman–Crippen LogP) is 2.38. The molecule has 1 fully saturated rings. The Morgan fingerprint density at radius 1 is 1.12 bits per heavy atom. The summed E-state index contributed by atoms with van der Waals surface area (Å²) in [6, 6.07) is 5.89. The monoisotopic (exact) mass is 366 g/mol. The Kier molecular flexibility index (Phi) is 8.22. The summed E-state index contributed by atoms with van der Waals surface area (Å²) in [5.74, 6) is -0.343. The second kappa shape index (κ2) is 10.4. The van der Waals surface area contributed by atoms with Crippen molar-refractivity contribution in [3.8, 4) is 0 Å². The summed E-state index contributed by atoms with van der Waals surface area (Å²) in [6.07, 6.45) is 8.83. The maximum absolute atomic E-state index is 12.0. The molecule has 0 spiro atoms. The summed E-state index contributed by atoms with van der Waals surface area (Å²) in [5.41, 5.74) is 1.49. The SMILES string of the molecule is Cc1c(Cl)cccc1NC(=O)CNC(=O)C[NH2+]C1CCCCCCC1. The number of nitrogens with two attached hydrogens (primary N) is 1. The largest absolute Gasteiger partial charge is 0.342 e. The maximum atomic E-state index is 12.0. The van der Waals surface area contributed by atoms with Crippen molar-refractivity contribution in [2.24, 2.45) is 0 Å². The van der Waals surface area contributed by atoms with Crippen molar-refractivity contribution in [3.63, 3.8) is 0 Å². The van der Waals surface area contributed by atoms with Crippen LogP contribution in [0.4, 0.5) is 5.69 Å². The second-order valence-electron chi connectivity index (χ2n) is 6.78. The van der Waals surface area contributed by atoms with Crippen LogP contribution in [0.25, 0.3) is 0 Å². The van der Waals surface area contributed by atoms with Crippen LogP contribution in [0.1, 0.15) is 50.5 Å². The first-order chi connectivity index (χ1) is 12.1. The van der Waals surface area contributed by atoms with Gasteiger partial charge >= 0.3 is 0 Å². The summed E-state index contributed by atoms with van der Waals surface area (Å²) < 4.78 is 0. The third kappa shape index (κ3) is 7.04. The summed E-state index contributed by atoms with van der Waals surface area (Å²) in [5, 5.41) is 8.20. The smallest absolute Gasteiger partial charge is 0.275 e. The Morgan fingerprint density at radius 2 is 1.80 bits per heavy atom. The number of rotatable bonds is 6. The van der Waals surface area contributed by atoms with Crippen LogP contribution in [0.5, 0.6) is 0 Å². The van der Waals surface area contributed by atoms with Gasteiger partial charge < -0.3 is 16.0 Å². The minimum absolute atomic E-state index is 0.0245. The number of amides is 2. The highest BCUT2D eigenvalue weighted by Crippen LogP contribution is 2.22. The van der Waals surface area contributed by atoms with Gasteiger partial charge in [-0.1, -0.05) is 36.9 Å². The fourth-order valence-corrected chi connectivity index (χ4v) is 3.36. The van der Waals surface area contributed by atoms with Crippen molar-refractivity contribution in [1.82, 2.24) is 5.32 Å². The molecule has 138 valence electrons. The Balaban J connectivity index is 1.68. The molecule has 1 aromatic rings. The number of carbonyl (C=O) groups excluding carboxylic acids is 2. The third-order valence-corrected chi connectivity index (χ3v) is 5.18. The molecule has 1 saturated carbocycles. The lowest BCUT2D eigenvalue weighted by Crippen LogP contribution is -2.92. The average Bonchev–Trinajstić information content (AvgIpc) is 2.56. The number of quaternary nitrogens is 1. The van der Waals surface area contributed by atoms with E-state index in [-0.39, 0.29) is 18.4 Å². The molecule has 0 aromatic heterocycles. The summed E-state index contributed by atoms with van der Waals surface area (Å²) in [6.45, 7) is 2.21. The van der Waals surface area contributed by atoms with Crippen LogP contribution in [0, 0.1) is 6.92 Å². The first kappa shape index (κ1) is 19.7. The number of hydrogen-bond acceptors (Lipinski definition) is 2. The summed E-state index contributed by atoms with van der Waals surface area (Å²) in [7, 11) is 0. The van der Waals surface area contributed by atoms with Gasteiger partial charge in [0.2, 0.25) is 5.91 Å². The lowest BCUT2D eigenvalue weighted by molar-refractivity contribution is -0.680. The van der Waals surface area contributed by atoms with Gasteiger partial charge in [0.05, 0.1) is 12.6 Å². The van der Waals surface area contributed by atoms with Gasteiger partial charge in [-0.25, -0.2) is 0 Å². The molecular weight excluding hydrogens is 338 g/mol. The molecule has 4 N–H and O–H groups in total. The van der Waals surface area contributed by atoms with E-state index in [0.717, 1.165) is 5.56 Å². The van der Waals surface area contributed by atoms with Crippen molar-refractivity contribution in [3.05, 3.63) is 28.8 Å². The van der Waals surface area contributed by atoms with Crippen LogP contribution in [-0.4, -0.2) is 30.9 Å². The molecule has 0 unspecified atom stereocenters. The first-order valence-electron chi connectivity index (χ1n) is 9.21. The van der Waals surface area contributed by atoms with E-state index in [1.54, 1.807) is 18.2 Å². The molecule has 0 saturated heterocycles. The fraction of sp³-hybridized carbons (Fsp3) is 0.579. The molecule has 1 aliphatic carbocycles. The minimum atomic E-state index is -0.246. The van der Waals surface area contributed by atoms with Gasteiger partial charge in [-0.05, 0) is 50.3 Å². The van der Waals surface area contributed by atoms with E-state index < -0.39 is 0 Å². The lowest BCUT2D eigenvalue weighted by atomic mass is 9.97. The van der Waals surface area contributed by atoms with Gasteiger partial charge in [0.1, 0.15) is 0 Å². The van der Waals surface area contributed by atoms with E-state index in [1.165, 1.54) is 44.9 Å². The van der Waals surface area contributed by atoms with Gasteiger partial charge in [0, 0.05) is 10.7 Å². The normalized spacial score (nSPS) is 15.9. The highest BCUT2D eigenvalue weighted by Gasteiger charge is 2.16. The molecule has 0 aliphatic heterocycles. The van der Waals surface area contributed by atoms with Crippen molar-refractivity contribution in [2.75, 3.05) is 18.4 Å². The molecule has 1 aliphatic rings. The molecule has 2 rings (SSSR count). The van der Waals surface area contributed by atoms with Gasteiger partial charge in [-0.2, -0.15) is 0 Å². The highest BCUT2D eigenvalue weighted by molar-refractivity contribution is 6.31. The Labute approximate surface area is 154 Å². The van der Waals surface area contributed by atoms with Gasteiger partial charge in [0.15, 0.2) is 6.54 Å². The number of benzene rings is 1. The third-order valence-electron chi connectivity index (χ3n) is 4.77. The van der Waals surface area contributed by atoms with Crippen LogP contribution in [0.15, 0.2) is 18.2 Å². The zero-order valence-corrected chi connectivity index (χ0v) is 15.7. The van der Waals surface area contributed by atoms with Gasteiger partial charge in [-0.3, -0.25) is 9.59 Å². The van der Waals surface area contributed by atoms with Gasteiger partial charge in [0.25, 0.3) is 5.91 Å². The average molecular weight is 367 g/mol. The highest BCUT2D eigenvalue weighted by atomic mass is 35.5. The summed E-state index contributed by atoms with van der Waals surface area (Å²) in [4.78, 5) is 24.0. The van der Waals surface area contributed by atoms with E-state index >= 15 is 0 Å². The molecule has 0 atom stereocenters. The molecule has 2 amide bonds. The minimum Gasteiger partial charge on any atom is -0.342 e. The van der Waals surface area contributed by atoms with Crippen molar-refractivity contribution >= 4 is 29.1 Å². The number of anilines is 1. The zero-order chi connectivity index (χ0) is 18.1. The van der Waals surface area contributed by atoms with Crippen molar-refractivity contribution in [1.29, 1.82) is 0 Å². The number of hydrogen-bond donors (Lipinski definition) is 3. The molecule has 0 radical (unpaired) electrons. The molecule has 25 heavy (non-hydrogen) atoms. The predicted molar refractivity (Wildman–Crippen MR) is 101 cm³/mol. The topological polar surface area (TPSA) is 74.8 Å². The Morgan fingerprint density at radius 3 is 2.52 bits per heavy atom. The van der Waals surface area contributed by atoms with Crippen LogP contribution >= 0.6 is 11.6 Å². The van der Waals surface area contributed by atoms with Gasteiger partial charge in [-0.15, -0.1) is 0 Å². The second-order valence-corrected chi connectivity index (χ2v) is 7.19. The van der Waals surface area contributed by atoms with Crippen LogP contribution in [0.3, 0.4) is 0 Å². The Bertz CT molecular complexity index is 584.